The molecular weight excluding hydrogens is 250 g/mol. The Morgan fingerprint density at radius 3 is 2.78 bits per heavy atom. The second-order valence-electron chi connectivity index (χ2n) is 4.00. The first-order valence-electron chi connectivity index (χ1n) is 5.60. The zero-order valence-electron chi connectivity index (χ0n) is 10.1. The zero-order chi connectivity index (χ0) is 13.0. The molecule has 2 amide bonds. The van der Waals surface area contributed by atoms with Gasteiger partial charge in [0, 0.05) is 7.05 Å². The lowest BCUT2D eigenvalue weighted by atomic mass is 10.3. The summed E-state index contributed by atoms with van der Waals surface area (Å²) in [6.45, 7) is 0.114. The molecule has 2 rings (SSSR count). The molecule has 1 aromatic carbocycles. The Kier molecular flexibility index (Phi) is 4.09. The van der Waals surface area contributed by atoms with Crippen LogP contribution in [0.1, 0.15) is 0 Å². The third-order valence-corrected chi connectivity index (χ3v) is 3.54. The van der Waals surface area contributed by atoms with Gasteiger partial charge in [-0.05, 0) is 12.1 Å². The summed E-state index contributed by atoms with van der Waals surface area (Å²) >= 11 is 1.53. The van der Waals surface area contributed by atoms with Crippen molar-refractivity contribution in [3.05, 3.63) is 30.3 Å². The number of hydrogen-bond acceptors (Lipinski definition) is 4. The molecule has 1 fully saturated rings. The van der Waals surface area contributed by atoms with E-state index in [2.05, 4.69) is 5.43 Å². The van der Waals surface area contributed by atoms with E-state index in [4.69, 9.17) is 0 Å². The van der Waals surface area contributed by atoms with E-state index >= 15 is 0 Å². The van der Waals surface area contributed by atoms with Gasteiger partial charge in [-0.15, -0.1) is 11.8 Å². The maximum Gasteiger partial charge on any atom is 0.258 e. The van der Waals surface area contributed by atoms with Gasteiger partial charge in [0.2, 0.25) is 5.91 Å². The third-order valence-electron chi connectivity index (χ3n) is 2.60. The highest BCUT2D eigenvalue weighted by Gasteiger charge is 2.23. The number of anilines is 1. The highest BCUT2D eigenvalue weighted by molar-refractivity contribution is 8.00. The number of para-hydroxylation sites is 1. The molecule has 18 heavy (non-hydrogen) atoms. The van der Waals surface area contributed by atoms with E-state index in [0.717, 1.165) is 5.69 Å². The second-order valence-corrected chi connectivity index (χ2v) is 4.95. The van der Waals surface area contributed by atoms with Gasteiger partial charge in [0.1, 0.15) is 6.54 Å². The number of nitrogens with zero attached hydrogens (tertiary/aromatic N) is 2. The van der Waals surface area contributed by atoms with E-state index in [-0.39, 0.29) is 18.4 Å². The summed E-state index contributed by atoms with van der Waals surface area (Å²) in [5.41, 5.74) is 3.63. The monoisotopic (exact) mass is 265 g/mol. The number of nitrogens with one attached hydrogen (secondary N) is 1. The molecule has 96 valence electrons. The molecule has 0 aromatic heterocycles. The summed E-state index contributed by atoms with van der Waals surface area (Å²) in [6, 6.07) is 9.52. The van der Waals surface area contributed by atoms with Gasteiger partial charge in [-0.25, -0.2) is 0 Å². The number of benzene rings is 1. The van der Waals surface area contributed by atoms with Crippen LogP contribution >= 0.6 is 11.8 Å². The fourth-order valence-electron chi connectivity index (χ4n) is 1.65. The van der Waals surface area contributed by atoms with Gasteiger partial charge in [0.25, 0.3) is 5.91 Å². The van der Waals surface area contributed by atoms with Crippen molar-refractivity contribution in [1.82, 2.24) is 10.3 Å². The minimum absolute atomic E-state index is 0.0255. The summed E-state index contributed by atoms with van der Waals surface area (Å²) in [5, 5.41) is 1.65. The van der Waals surface area contributed by atoms with Crippen LogP contribution in [0.15, 0.2) is 30.3 Å². The topological polar surface area (TPSA) is 52.7 Å². The van der Waals surface area contributed by atoms with Gasteiger partial charge in [0.15, 0.2) is 0 Å². The fraction of sp³-hybridized carbons (Fsp3) is 0.333. The predicted octanol–water partition coefficient (Wildman–Crippen LogP) is 0.687. The lowest BCUT2D eigenvalue weighted by molar-refractivity contribution is -0.132. The van der Waals surface area contributed by atoms with Crippen LogP contribution in [0.3, 0.4) is 0 Å². The van der Waals surface area contributed by atoms with Gasteiger partial charge < -0.3 is 4.90 Å². The largest absolute Gasteiger partial charge is 0.323 e. The highest BCUT2D eigenvalue weighted by atomic mass is 32.2. The number of hydrogen-bond donors (Lipinski definition) is 1. The molecule has 1 saturated heterocycles. The number of rotatable bonds is 4. The molecule has 1 aliphatic rings. The molecule has 0 radical (unpaired) electrons. The molecule has 0 aliphatic carbocycles. The normalized spacial score (nSPS) is 14.7. The smallest absolute Gasteiger partial charge is 0.258 e. The first-order chi connectivity index (χ1) is 8.66. The first kappa shape index (κ1) is 12.8. The summed E-state index contributed by atoms with van der Waals surface area (Å²) in [7, 11) is 1.77. The van der Waals surface area contributed by atoms with Gasteiger partial charge in [0.05, 0.1) is 17.3 Å². The Morgan fingerprint density at radius 1 is 1.44 bits per heavy atom. The molecule has 5 nitrogen and oxygen atoms in total. The molecule has 1 aromatic rings. The van der Waals surface area contributed by atoms with E-state index in [1.807, 2.05) is 30.3 Å². The average Bonchev–Trinajstić information content (AvgIpc) is 2.76. The minimum atomic E-state index is -0.183. The molecule has 1 aliphatic heterocycles. The number of carbonyl (C=O) groups is 2. The van der Waals surface area contributed by atoms with Gasteiger partial charge in [-0.3, -0.25) is 20.0 Å². The number of hydrazine groups is 1. The molecule has 1 heterocycles. The van der Waals surface area contributed by atoms with Crippen LogP contribution in [-0.4, -0.2) is 41.9 Å². The molecule has 0 unspecified atom stereocenters. The molecule has 0 saturated carbocycles. The summed E-state index contributed by atoms with van der Waals surface area (Å²) in [4.78, 5) is 24.7. The predicted molar refractivity (Wildman–Crippen MR) is 72.0 cm³/mol. The van der Waals surface area contributed by atoms with Gasteiger partial charge >= 0.3 is 0 Å². The minimum Gasteiger partial charge on any atom is -0.323 e. The Hall–Kier alpha value is -1.69. The van der Waals surface area contributed by atoms with Crippen molar-refractivity contribution in [3.8, 4) is 0 Å². The van der Waals surface area contributed by atoms with Crippen molar-refractivity contribution in [2.24, 2.45) is 0 Å². The second kappa shape index (κ2) is 5.77. The fourth-order valence-corrected chi connectivity index (χ4v) is 2.56. The van der Waals surface area contributed by atoms with Crippen LogP contribution in [0, 0.1) is 0 Å². The van der Waals surface area contributed by atoms with E-state index in [9.17, 15) is 9.59 Å². The zero-order valence-corrected chi connectivity index (χ0v) is 10.9. The van der Waals surface area contributed by atoms with Crippen LogP contribution in [0.25, 0.3) is 0 Å². The first-order valence-corrected chi connectivity index (χ1v) is 6.76. The maximum atomic E-state index is 11.8. The standard InChI is InChI=1S/C12H15N3O2S/c1-14(10-5-3-2-4-6-10)13-11(16)7-15-9-18-8-12(15)17/h2-6H,7-9H2,1H3,(H,13,16). The van der Waals surface area contributed by atoms with Crippen molar-refractivity contribution in [1.29, 1.82) is 0 Å². The molecule has 0 bridgehead atoms. The van der Waals surface area contributed by atoms with Crippen LogP contribution in [0.2, 0.25) is 0 Å². The van der Waals surface area contributed by atoms with Crippen LogP contribution in [-0.2, 0) is 9.59 Å². The third kappa shape index (κ3) is 3.16. The lowest BCUT2D eigenvalue weighted by Crippen LogP contribution is -2.45. The Balaban J connectivity index is 1.86. The summed E-state index contributed by atoms with van der Waals surface area (Å²) in [5.74, 6) is 0.915. The van der Waals surface area contributed by atoms with E-state index < -0.39 is 0 Å². The quantitative estimate of drug-likeness (QED) is 0.814. The Labute approximate surface area is 110 Å². The van der Waals surface area contributed by atoms with Gasteiger partial charge in [-0.2, -0.15) is 0 Å². The van der Waals surface area contributed by atoms with Crippen molar-refractivity contribution in [2.45, 2.75) is 0 Å². The van der Waals surface area contributed by atoms with E-state index in [1.54, 1.807) is 17.0 Å². The average molecular weight is 265 g/mol. The van der Waals surface area contributed by atoms with E-state index in [1.165, 1.54) is 11.8 Å². The molecule has 1 N–H and O–H groups in total. The number of thioether (sulfide) groups is 1. The van der Waals surface area contributed by atoms with Gasteiger partial charge in [-0.1, -0.05) is 18.2 Å². The molecular formula is C12H15N3O2S. The Morgan fingerprint density at radius 2 is 2.17 bits per heavy atom. The molecule has 0 spiro atoms. The van der Waals surface area contributed by atoms with Crippen LogP contribution in [0.4, 0.5) is 5.69 Å². The number of carbonyl (C=O) groups excluding carboxylic acids is 2. The molecule has 0 atom stereocenters. The van der Waals surface area contributed by atoms with E-state index in [0.29, 0.717) is 11.6 Å². The number of amides is 2. The van der Waals surface area contributed by atoms with Crippen LogP contribution in [0.5, 0.6) is 0 Å². The lowest BCUT2D eigenvalue weighted by Gasteiger charge is -2.22. The maximum absolute atomic E-state index is 11.8. The highest BCUT2D eigenvalue weighted by Crippen LogP contribution is 2.14. The van der Waals surface area contributed by atoms with Crippen molar-refractivity contribution in [3.63, 3.8) is 0 Å². The SMILES string of the molecule is CN(NC(=O)CN1CSCC1=O)c1ccccc1. The molecule has 6 heteroatoms. The van der Waals surface area contributed by atoms with Crippen LogP contribution < -0.4 is 10.4 Å². The van der Waals surface area contributed by atoms with Crippen molar-refractivity contribution >= 4 is 29.3 Å². The van der Waals surface area contributed by atoms with Crippen molar-refractivity contribution in [2.75, 3.05) is 30.2 Å². The van der Waals surface area contributed by atoms with Crippen molar-refractivity contribution < 1.29 is 9.59 Å². The summed E-state index contributed by atoms with van der Waals surface area (Å²) < 4.78 is 0. The summed E-state index contributed by atoms with van der Waals surface area (Å²) in [6.07, 6.45) is 0. The Bertz CT molecular complexity index is 438.